The fourth-order valence-electron chi connectivity index (χ4n) is 4.43. The van der Waals surface area contributed by atoms with E-state index in [-0.39, 0.29) is 5.56 Å². The first-order chi connectivity index (χ1) is 17.4. The summed E-state index contributed by atoms with van der Waals surface area (Å²) < 4.78 is 14.0. The Morgan fingerprint density at radius 3 is 2.17 bits per heavy atom. The van der Waals surface area contributed by atoms with Gasteiger partial charge in [-0.15, -0.1) is 0 Å². The zero-order valence-electron chi connectivity index (χ0n) is 21.6. The summed E-state index contributed by atoms with van der Waals surface area (Å²) >= 11 is 0. The predicted octanol–water partition coefficient (Wildman–Crippen LogP) is 8.32. The number of aromatic carboxylic acids is 1. The third-order valence-corrected chi connectivity index (χ3v) is 6.54. The number of carbonyl (C=O) groups is 1. The molecule has 3 aromatic rings. The molecule has 0 aliphatic heterocycles. The van der Waals surface area contributed by atoms with Crippen LogP contribution in [0.2, 0.25) is 0 Å². The monoisotopic (exact) mass is 487 g/mol. The van der Waals surface area contributed by atoms with E-state index in [1.807, 2.05) is 0 Å². The number of nitrogens with zero attached hydrogens (tertiary/aromatic N) is 1. The summed E-state index contributed by atoms with van der Waals surface area (Å²) in [6, 6.07) is 21.6. The second-order valence-corrected chi connectivity index (χ2v) is 9.50. The average Bonchev–Trinajstić information content (AvgIpc) is 2.88. The van der Waals surface area contributed by atoms with Gasteiger partial charge in [0.15, 0.2) is 0 Å². The van der Waals surface area contributed by atoms with Gasteiger partial charge in [-0.25, -0.2) is 9.18 Å². The van der Waals surface area contributed by atoms with Gasteiger partial charge in [0, 0.05) is 18.8 Å². The van der Waals surface area contributed by atoms with Crippen LogP contribution in [0.15, 0.2) is 73.3 Å². The molecule has 0 radical (unpaired) electrons. The summed E-state index contributed by atoms with van der Waals surface area (Å²) in [6.07, 6.45) is 7.48. The van der Waals surface area contributed by atoms with Crippen LogP contribution < -0.4 is 4.90 Å². The number of unbranched alkanes of at least 4 members (excludes halogenated alkanes) is 3. The molecule has 0 amide bonds. The molecule has 0 bridgehead atoms. The Hall–Kier alpha value is -3.40. The van der Waals surface area contributed by atoms with E-state index in [0.29, 0.717) is 6.54 Å². The van der Waals surface area contributed by atoms with Crippen LogP contribution in [0, 0.1) is 5.82 Å². The maximum absolute atomic E-state index is 14.0. The van der Waals surface area contributed by atoms with Crippen LogP contribution >= 0.6 is 0 Å². The third kappa shape index (κ3) is 7.81. The molecule has 0 fully saturated rings. The lowest BCUT2D eigenvalue weighted by molar-refractivity contribution is 0.0692. The molecule has 190 valence electrons. The van der Waals surface area contributed by atoms with Crippen molar-refractivity contribution < 1.29 is 14.3 Å². The molecule has 0 saturated heterocycles. The topological polar surface area (TPSA) is 40.5 Å². The number of carboxylic acid groups (broad SMARTS) is 1. The van der Waals surface area contributed by atoms with E-state index in [1.54, 1.807) is 6.07 Å². The highest BCUT2D eigenvalue weighted by molar-refractivity contribution is 5.89. The summed E-state index contributed by atoms with van der Waals surface area (Å²) in [7, 11) is 0. The summed E-state index contributed by atoms with van der Waals surface area (Å²) in [6.45, 7) is 10.1. The Labute approximate surface area is 215 Å². The van der Waals surface area contributed by atoms with E-state index in [4.69, 9.17) is 0 Å². The highest BCUT2D eigenvalue weighted by atomic mass is 19.1. The number of carboxylic acids is 1. The maximum Gasteiger partial charge on any atom is 0.338 e. The lowest BCUT2D eigenvalue weighted by atomic mass is 9.97. The van der Waals surface area contributed by atoms with Crippen LogP contribution in [0.1, 0.15) is 78.6 Å². The highest BCUT2D eigenvalue weighted by Gasteiger charge is 2.15. The van der Waals surface area contributed by atoms with E-state index in [2.05, 4.69) is 73.9 Å². The number of halogens is 1. The Morgan fingerprint density at radius 2 is 1.53 bits per heavy atom. The van der Waals surface area contributed by atoms with Crippen LogP contribution in [-0.2, 0) is 19.4 Å². The molecule has 0 unspecified atom stereocenters. The number of benzene rings is 3. The van der Waals surface area contributed by atoms with Crippen LogP contribution in [0.5, 0.6) is 0 Å². The van der Waals surface area contributed by atoms with Crippen molar-refractivity contribution in [3.05, 3.63) is 107 Å². The fraction of sp³-hybridized carbons (Fsp3) is 0.344. The second-order valence-electron chi connectivity index (χ2n) is 9.50. The minimum atomic E-state index is -1.25. The largest absolute Gasteiger partial charge is 0.478 e. The Balaban J connectivity index is 1.71. The van der Waals surface area contributed by atoms with Crippen molar-refractivity contribution in [2.24, 2.45) is 0 Å². The number of rotatable bonds is 14. The average molecular weight is 488 g/mol. The third-order valence-electron chi connectivity index (χ3n) is 6.54. The van der Waals surface area contributed by atoms with Crippen LogP contribution in [-0.4, -0.2) is 17.6 Å². The molecule has 0 saturated carbocycles. The van der Waals surface area contributed by atoms with Gasteiger partial charge in [-0.05, 0) is 65.3 Å². The lowest BCUT2D eigenvalue weighted by Crippen LogP contribution is -2.24. The molecule has 36 heavy (non-hydrogen) atoms. The second kappa shape index (κ2) is 13.6. The van der Waals surface area contributed by atoms with Crippen molar-refractivity contribution in [1.29, 1.82) is 0 Å². The number of hydrogen-bond acceptors (Lipinski definition) is 2. The van der Waals surface area contributed by atoms with Gasteiger partial charge in [0.05, 0.1) is 5.56 Å². The van der Waals surface area contributed by atoms with E-state index in [0.717, 1.165) is 73.9 Å². The Bertz CT molecular complexity index is 1140. The summed E-state index contributed by atoms with van der Waals surface area (Å²) in [5.41, 5.74) is 6.37. The number of anilines is 1. The van der Waals surface area contributed by atoms with Gasteiger partial charge >= 0.3 is 5.97 Å². The maximum atomic E-state index is 14.0. The number of allylic oxidation sites excluding steroid dienone is 1. The molecule has 0 heterocycles. The molecule has 0 aromatic heterocycles. The zero-order chi connectivity index (χ0) is 25.9. The quantitative estimate of drug-likeness (QED) is 0.232. The molecule has 1 N–H and O–H groups in total. The first-order valence-corrected chi connectivity index (χ1v) is 13.0. The number of aryl methyl sites for hydroxylation is 1. The zero-order valence-corrected chi connectivity index (χ0v) is 21.6. The summed E-state index contributed by atoms with van der Waals surface area (Å²) in [5.74, 6) is -1.96. The summed E-state index contributed by atoms with van der Waals surface area (Å²) in [4.78, 5) is 13.6. The number of hydrogen-bond donors (Lipinski definition) is 1. The molecule has 3 rings (SSSR count). The van der Waals surface area contributed by atoms with Gasteiger partial charge in [0.1, 0.15) is 5.82 Å². The predicted molar refractivity (Wildman–Crippen MR) is 148 cm³/mol. The van der Waals surface area contributed by atoms with Gasteiger partial charge in [0.2, 0.25) is 0 Å². The normalized spacial score (nSPS) is 10.9. The van der Waals surface area contributed by atoms with Gasteiger partial charge < -0.3 is 10.0 Å². The van der Waals surface area contributed by atoms with Crippen molar-refractivity contribution in [3.63, 3.8) is 0 Å². The van der Waals surface area contributed by atoms with Crippen LogP contribution in [0.4, 0.5) is 10.1 Å². The Morgan fingerprint density at radius 1 is 0.861 bits per heavy atom. The molecule has 3 nitrogen and oxygen atoms in total. The van der Waals surface area contributed by atoms with Gasteiger partial charge in [-0.1, -0.05) is 94.6 Å². The van der Waals surface area contributed by atoms with Crippen LogP contribution in [0.3, 0.4) is 0 Å². The van der Waals surface area contributed by atoms with Gasteiger partial charge in [-0.2, -0.15) is 0 Å². The molecule has 0 aliphatic rings. The molecular weight excluding hydrogens is 449 g/mol. The van der Waals surface area contributed by atoms with E-state index in [1.165, 1.54) is 23.3 Å². The molecule has 4 heteroatoms. The van der Waals surface area contributed by atoms with Crippen molar-refractivity contribution in [1.82, 2.24) is 0 Å². The lowest BCUT2D eigenvalue weighted by Gasteiger charge is -2.26. The van der Waals surface area contributed by atoms with E-state index in [9.17, 15) is 14.3 Å². The molecule has 3 aromatic carbocycles. The summed E-state index contributed by atoms with van der Waals surface area (Å²) in [5, 5.41) is 9.37. The van der Waals surface area contributed by atoms with Crippen molar-refractivity contribution in [2.75, 3.05) is 11.4 Å². The fourth-order valence-corrected chi connectivity index (χ4v) is 4.43. The van der Waals surface area contributed by atoms with Crippen molar-refractivity contribution in [3.8, 4) is 0 Å². The molecular formula is C32H38FNO2. The SMILES string of the molecule is C=C(Cc1ccc(CCC)cc1)c1ccc(CN(CCCCCC)c2ccc(F)c(C(=O)O)c2)cc1. The molecule has 0 spiro atoms. The van der Waals surface area contributed by atoms with E-state index >= 15 is 0 Å². The van der Waals surface area contributed by atoms with Crippen molar-refractivity contribution in [2.45, 2.75) is 65.3 Å². The standard InChI is InChI=1S/C32H38FNO2/c1-4-6-7-8-20-34(29-18-19-31(33)30(22-29)32(35)36)23-27-14-16-28(17-15-27)24(3)21-26-12-10-25(9-5-2)11-13-26/h10-19,22H,3-9,20-21,23H2,1-2H3,(H,35,36). The minimum Gasteiger partial charge on any atom is -0.478 e. The van der Waals surface area contributed by atoms with Gasteiger partial charge in [-0.3, -0.25) is 0 Å². The van der Waals surface area contributed by atoms with Crippen LogP contribution in [0.25, 0.3) is 5.57 Å². The molecule has 0 aliphatic carbocycles. The first-order valence-electron chi connectivity index (χ1n) is 13.0. The first kappa shape index (κ1) is 27.2. The minimum absolute atomic E-state index is 0.291. The van der Waals surface area contributed by atoms with E-state index < -0.39 is 11.8 Å². The van der Waals surface area contributed by atoms with Gasteiger partial charge in [0.25, 0.3) is 0 Å². The Kier molecular flexibility index (Phi) is 10.3. The molecule has 0 atom stereocenters. The van der Waals surface area contributed by atoms with Crippen molar-refractivity contribution >= 4 is 17.2 Å². The smallest absolute Gasteiger partial charge is 0.338 e. The highest BCUT2D eigenvalue weighted by Crippen LogP contribution is 2.24.